The van der Waals surface area contributed by atoms with E-state index in [0.717, 1.165) is 32.6 Å². The molecule has 0 saturated carbocycles. The van der Waals surface area contributed by atoms with E-state index in [-0.39, 0.29) is 17.2 Å². The Bertz CT molecular complexity index is 546. The molecule has 1 unspecified atom stereocenters. The number of amides is 1. The molecule has 6 heteroatoms. The lowest BCUT2D eigenvalue weighted by Crippen LogP contribution is -2.49. The monoisotopic (exact) mass is 307 g/mol. The second-order valence-corrected chi connectivity index (χ2v) is 5.80. The predicted molar refractivity (Wildman–Crippen MR) is 81.7 cm³/mol. The zero-order valence-electron chi connectivity index (χ0n) is 12.8. The van der Waals surface area contributed by atoms with Crippen LogP contribution in [0, 0.1) is 5.82 Å². The van der Waals surface area contributed by atoms with Crippen molar-refractivity contribution in [1.29, 1.82) is 0 Å². The van der Waals surface area contributed by atoms with Crippen LogP contribution in [0.5, 0.6) is 5.75 Å². The molecule has 2 aliphatic rings. The summed E-state index contributed by atoms with van der Waals surface area (Å²) in [6.45, 7) is 5.38. The number of ether oxygens (including phenoxy) is 1. The summed E-state index contributed by atoms with van der Waals surface area (Å²) in [5, 5.41) is 3.33. The molecule has 0 bridgehead atoms. The van der Waals surface area contributed by atoms with Crippen LogP contribution in [0.3, 0.4) is 0 Å². The number of likely N-dealkylation sites (tertiary alicyclic amines) is 1. The number of nitrogens with zero attached hydrogens (tertiary/aromatic N) is 2. The van der Waals surface area contributed by atoms with Crippen molar-refractivity contribution in [3.63, 3.8) is 0 Å². The van der Waals surface area contributed by atoms with E-state index in [1.807, 2.05) is 0 Å². The SMILES string of the molecule is COc1cccc(C(=O)N2CCC(N3CCNCC3)C2)c1F. The number of methoxy groups -OCH3 is 1. The Morgan fingerprint density at radius 1 is 1.32 bits per heavy atom. The number of halogens is 1. The molecule has 2 fully saturated rings. The second-order valence-electron chi connectivity index (χ2n) is 5.80. The Morgan fingerprint density at radius 3 is 2.82 bits per heavy atom. The van der Waals surface area contributed by atoms with Crippen molar-refractivity contribution in [3.05, 3.63) is 29.6 Å². The molecule has 3 rings (SSSR count). The summed E-state index contributed by atoms with van der Waals surface area (Å²) in [4.78, 5) is 16.7. The van der Waals surface area contributed by atoms with Crippen LogP contribution in [0.4, 0.5) is 4.39 Å². The van der Waals surface area contributed by atoms with Gasteiger partial charge >= 0.3 is 0 Å². The third-order valence-corrected chi connectivity index (χ3v) is 4.53. The second kappa shape index (κ2) is 6.62. The summed E-state index contributed by atoms with van der Waals surface area (Å²) in [7, 11) is 1.41. The number of piperazine rings is 1. The smallest absolute Gasteiger partial charge is 0.257 e. The lowest BCUT2D eigenvalue weighted by atomic mass is 10.1. The van der Waals surface area contributed by atoms with E-state index in [0.29, 0.717) is 19.1 Å². The summed E-state index contributed by atoms with van der Waals surface area (Å²) in [5.41, 5.74) is 0.0975. The van der Waals surface area contributed by atoms with Crippen molar-refractivity contribution in [2.24, 2.45) is 0 Å². The predicted octanol–water partition coefficient (Wildman–Crippen LogP) is 0.954. The minimum atomic E-state index is -0.569. The standard InChI is InChI=1S/C16H22FN3O2/c1-22-14-4-2-3-13(15(14)17)16(21)20-8-5-12(11-20)19-9-6-18-7-10-19/h2-4,12,18H,5-11H2,1H3. The molecule has 120 valence electrons. The first kappa shape index (κ1) is 15.2. The minimum Gasteiger partial charge on any atom is -0.494 e. The van der Waals surface area contributed by atoms with Gasteiger partial charge < -0.3 is 15.0 Å². The number of rotatable bonds is 3. The molecule has 1 amide bonds. The van der Waals surface area contributed by atoms with Gasteiger partial charge in [0.1, 0.15) is 0 Å². The Hall–Kier alpha value is -1.66. The molecule has 0 spiro atoms. The van der Waals surface area contributed by atoms with Gasteiger partial charge in [-0.05, 0) is 18.6 Å². The topological polar surface area (TPSA) is 44.8 Å². The summed E-state index contributed by atoms with van der Waals surface area (Å²) in [5.74, 6) is -0.696. The van der Waals surface area contributed by atoms with Gasteiger partial charge in [-0.15, -0.1) is 0 Å². The maximum absolute atomic E-state index is 14.2. The zero-order valence-corrected chi connectivity index (χ0v) is 12.8. The Kier molecular flexibility index (Phi) is 4.59. The average Bonchev–Trinajstić information content (AvgIpc) is 3.05. The van der Waals surface area contributed by atoms with Crippen molar-refractivity contribution in [2.45, 2.75) is 12.5 Å². The van der Waals surface area contributed by atoms with Crippen molar-refractivity contribution >= 4 is 5.91 Å². The van der Waals surface area contributed by atoms with Crippen molar-refractivity contribution in [2.75, 3.05) is 46.4 Å². The first-order valence-electron chi connectivity index (χ1n) is 7.77. The van der Waals surface area contributed by atoms with Gasteiger partial charge in [0.15, 0.2) is 11.6 Å². The maximum atomic E-state index is 14.2. The fraction of sp³-hybridized carbons (Fsp3) is 0.562. The summed E-state index contributed by atoms with van der Waals surface area (Å²) in [6.07, 6.45) is 0.956. The van der Waals surface area contributed by atoms with Crippen LogP contribution < -0.4 is 10.1 Å². The van der Waals surface area contributed by atoms with E-state index in [2.05, 4.69) is 10.2 Å². The Balaban J connectivity index is 1.69. The number of nitrogens with one attached hydrogen (secondary N) is 1. The number of benzene rings is 1. The largest absolute Gasteiger partial charge is 0.494 e. The zero-order chi connectivity index (χ0) is 15.5. The van der Waals surface area contributed by atoms with Gasteiger partial charge in [-0.1, -0.05) is 6.07 Å². The lowest BCUT2D eigenvalue weighted by molar-refractivity contribution is 0.0768. The molecule has 0 aliphatic carbocycles. The third-order valence-electron chi connectivity index (χ3n) is 4.53. The van der Waals surface area contributed by atoms with Crippen molar-refractivity contribution in [3.8, 4) is 5.75 Å². The highest BCUT2D eigenvalue weighted by Gasteiger charge is 2.32. The molecule has 0 aromatic heterocycles. The minimum absolute atomic E-state index is 0.0975. The fourth-order valence-corrected chi connectivity index (χ4v) is 3.28. The number of hydrogen-bond acceptors (Lipinski definition) is 4. The number of carbonyl (C=O) groups is 1. The normalized spacial score (nSPS) is 22.8. The number of carbonyl (C=O) groups excluding carboxylic acids is 1. The molecule has 5 nitrogen and oxygen atoms in total. The molecule has 0 radical (unpaired) electrons. The third kappa shape index (κ3) is 2.94. The van der Waals surface area contributed by atoms with Gasteiger partial charge in [0.2, 0.25) is 0 Å². The van der Waals surface area contributed by atoms with E-state index >= 15 is 0 Å². The molecular formula is C16H22FN3O2. The highest BCUT2D eigenvalue weighted by molar-refractivity contribution is 5.95. The van der Waals surface area contributed by atoms with Gasteiger partial charge in [-0.2, -0.15) is 0 Å². The van der Waals surface area contributed by atoms with Crippen LogP contribution in [0.2, 0.25) is 0 Å². The van der Waals surface area contributed by atoms with Gasteiger partial charge in [0.25, 0.3) is 5.91 Å². The quantitative estimate of drug-likeness (QED) is 0.903. The van der Waals surface area contributed by atoms with Crippen LogP contribution in [0.1, 0.15) is 16.8 Å². The maximum Gasteiger partial charge on any atom is 0.257 e. The first-order chi connectivity index (χ1) is 10.7. The highest BCUT2D eigenvalue weighted by atomic mass is 19.1. The van der Waals surface area contributed by atoms with Crippen LogP contribution in [-0.2, 0) is 0 Å². The van der Waals surface area contributed by atoms with Crippen molar-refractivity contribution < 1.29 is 13.9 Å². The van der Waals surface area contributed by atoms with E-state index < -0.39 is 5.82 Å². The fourth-order valence-electron chi connectivity index (χ4n) is 3.28. The van der Waals surface area contributed by atoms with Crippen LogP contribution in [-0.4, -0.2) is 68.1 Å². The van der Waals surface area contributed by atoms with Crippen LogP contribution in [0.15, 0.2) is 18.2 Å². The van der Waals surface area contributed by atoms with Crippen LogP contribution >= 0.6 is 0 Å². The Labute approximate surface area is 130 Å². The molecule has 2 saturated heterocycles. The molecule has 1 N–H and O–H groups in total. The first-order valence-corrected chi connectivity index (χ1v) is 7.77. The van der Waals surface area contributed by atoms with E-state index in [9.17, 15) is 9.18 Å². The molecule has 1 aromatic carbocycles. The van der Waals surface area contributed by atoms with Gasteiger partial charge in [-0.25, -0.2) is 4.39 Å². The lowest BCUT2D eigenvalue weighted by Gasteiger charge is -2.32. The molecular weight excluding hydrogens is 285 g/mol. The summed E-state index contributed by atoms with van der Waals surface area (Å²) >= 11 is 0. The van der Waals surface area contributed by atoms with Crippen LogP contribution in [0.25, 0.3) is 0 Å². The molecule has 2 aliphatic heterocycles. The van der Waals surface area contributed by atoms with E-state index in [1.165, 1.54) is 19.2 Å². The van der Waals surface area contributed by atoms with Gasteiger partial charge in [0.05, 0.1) is 12.7 Å². The number of hydrogen-bond donors (Lipinski definition) is 1. The van der Waals surface area contributed by atoms with E-state index in [1.54, 1.807) is 11.0 Å². The average molecular weight is 307 g/mol. The Morgan fingerprint density at radius 2 is 2.09 bits per heavy atom. The molecule has 1 aromatic rings. The summed E-state index contributed by atoms with van der Waals surface area (Å²) < 4.78 is 19.2. The molecule has 1 atom stereocenters. The van der Waals surface area contributed by atoms with Gasteiger partial charge in [-0.3, -0.25) is 9.69 Å². The van der Waals surface area contributed by atoms with Crippen molar-refractivity contribution in [1.82, 2.24) is 15.1 Å². The summed E-state index contributed by atoms with van der Waals surface area (Å²) in [6, 6.07) is 5.09. The highest BCUT2D eigenvalue weighted by Crippen LogP contribution is 2.24. The van der Waals surface area contributed by atoms with Gasteiger partial charge in [0, 0.05) is 45.3 Å². The van der Waals surface area contributed by atoms with E-state index in [4.69, 9.17) is 4.74 Å². The molecule has 2 heterocycles. The molecule has 22 heavy (non-hydrogen) atoms.